The van der Waals surface area contributed by atoms with Crippen LogP contribution in [-0.2, 0) is 16.1 Å². The van der Waals surface area contributed by atoms with Crippen molar-refractivity contribution in [3.8, 4) is 0 Å². The highest BCUT2D eigenvalue weighted by Crippen LogP contribution is 2.23. The monoisotopic (exact) mass is 304 g/mol. The van der Waals surface area contributed by atoms with Gasteiger partial charge in [-0.05, 0) is 24.4 Å². The Labute approximate surface area is 126 Å². The summed E-state index contributed by atoms with van der Waals surface area (Å²) in [7, 11) is 0. The number of hydrogen-bond acceptors (Lipinski definition) is 3. The topological polar surface area (TPSA) is 62.5 Å². The molecule has 0 saturated carbocycles. The van der Waals surface area contributed by atoms with E-state index in [-0.39, 0.29) is 12.5 Å². The average Bonchev–Trinajstić information content (AvgIpc) is 3.04. The zero-order chi connectivity index (χ0) is 15.0. The maximum absolute atomic E-state index is 12.5. The van der Waals surface area contributed by atoms with Crippen LogP contribution < -0.4 is 0 Å². The van der Waals surface area contributed by atoms with E-state index >= 15 is 0 Å². The molecule has 0 spiro atoms. The number of thioether (sulfide) groups is 1. The fourth-order valence-electron chi connectivity index (χ4n) is 2.68. The van der Waals surface area contributed by atoms with Crippen molar-refractivity contribution < 1.29 is 14.7 Å². The minimum Gasteiger partial charge on any atom is -0.480 e. The van der Waals surface area contributed by atoms with Crippen molar-refractivity contribution in [2.24, 2.45) is 0 Å². The predicted octanol–water partition coefficient (Wildman–Crippen LogP) is 1.94. The summed E-state index contributed by atoms with van der Waals surface area (Å²) in [5, 5.41) is 10.3. The Kier molecular flexibility index (Phi) is 3.63. The molecule has 6 heteroatoms. The van der Waals surface area contributed by atoms with E-state index in [1.807, 2.05) is 41.8 Å². The highest BCUT2D eigenvalue weighted by atomic mass is 32.2. The molecule has 1 amide bonds. The van der Waals surface area contributed by atoms with Crippen LogP contribution in [0.3, 0.4) is 0 Å². The van der Waals surface area contributed by atoms with Crippen molar-refractivity contribution in [1.82, 2.24) is 9.47 Å². The van der Waals surface area contributed by atoms with Crippen molar-refractivity contribution in [1.29, 1.82) is 0 Å². The zero-order valence-electron chi connectivity index (χ0n) is 11.7. The Morgan fingerprint density at radius 1 is 1.38 bits per heavy atom. The van der Waals surface area contributed by atoms with Crippen molar-refractivity contribution in [2.75, 3.05) is 11.6 Å². The van der Waals surface area contributed by atoms with E-state index < -0.39 is 12.0 Å². The van der Waals surface area contributed by atoms with Crippen LogP contribution in [0.1, 0.15) is 5.69 Å². The Balaban J connectivity index is 1.87. The van der Waals surface area contributed by atoms with Gasteiger partial charge >= 0.3 is 5.97 Å². The molecule has 3 rings (SSSR count). The summed E-state index contributed by atoms with van der Waals surface area (Å²) < 4.78 is 1.94. The smallest absolute Gasteiger partial charge is 0.327 e. The number of fused-ring (bicyclic) bond motifs is 1. The van der Waals surface area contributed by atoms with E-state index in [2.05, 4.69) is 0 Å². The van der Waals surface area contributed by atoms with Gasteiger partial charge in [0.05, 0.1) is 5.88 Å². The van der Waals surface area contributed by atoms with Crippen molar-refractivity contribution >= 4 is 34.5 Å². The third-order valence-electron chi connectivity index (χ3n) is 3.80. The number of amides is 1. The molecule has 0 radical (unpaired) electrons. The first-order chi connectivity index (χ1) is 10.1. The molecule has 1 aromatic heterocycles. The van der Waals surface area contributed by atoms with Gasteiger partial charge in [-0.15, -0.1) is 11.8 Å². The summed E-state index contributed by atoms with van der Waals surface area (Å²) >= 11 is 1.48. The molecule has 1 aromatic carbocycles. The third-order valence-corrected chi connectivity index (χ3v) is 4.81. The molecular formula is C15H16N2O3S. The molecule has 2 heterocycles. The van der Waals surface area contributed by atoms with Crippen LogP contribution in [0.25, 0.3) is 10.9 Å². The van der Waals surface area contributed by atoms with Crippen molar-refractivity contribution in [2.45, 2.75) is 19.5 Å². The van der Waals surface area contributed by atoms with E-state index in [4.69, 9.17) is 0 Å². The molecule has 1 fully saturated rings. The van der Waals surface area contributed by atoms with Crippen LogP contribution in [0.15, 0.2) is 30.3 Å². The Bertz CT molecular complexity index is 710. The molecule has 110 valence electrons. The number of para-hydroxylation sites is 1. The maximum atomic E-state index is 12.5. The maximum Gasteiger partial charge on any atom is 0.327 e. The SMILES string of the molecule is Cc1cc2ccccc2n1CC(=O)N1CSC[C@H]1C(=O)O. The highest BCUT2D eigenvalue weighted by Gasteiger charge is 2.34. The largest absolute Gasteiger partial charge is 0.480 e. The van der Waals surface area contributed by atoms with Crippen LogP contribution >= 0.6 is 11.8 Å². The molecule has 0 bridgehead atoms. The lowest BCUT2D eigenvalue weighted by molar-refractivity contribution is -0.147. The van der Waals surface area contributed by atoms with Gasteiger partial charge in [-0.25, -0.2) is 4.79 Å². The van der Waals surface area contributed by atoms with Gasteiger partial charge in [0.2, 0.25) is 5.91 Å². The quantitative estimate of drug-likeness (QED) is 0.941. The number of carboxylic acids is 1. The van der Waals surface area contributed by atoms with Gasteiger partial charge in [-0.1, -0.05) is 18.2 Å². The van der Waals surface area contributed by atoms with E-state index in [9.17, 15) is 14.7 Å². The number of aliphatic carboxylic acids is 1. The first-order valence-electron chi connectivity index (χ1n) is 6.73. The molecule has 21 heavy (non-hydrogen) atoms. The lowest BCUT2D eigenvalue weighted by Gasteiger charge is -2.21. The number of rotatable bonds is 3. The summed E-state index contributed by atoms with van der Waals surface area (Å²) in [4.78, 5) is 25.1. The van der Waals surface area contributed by atoms with Crippen LogP contribution in [0.2, 0.25) is 0 Å². The Morgan fingerprint density at radius 3 is 2.90 bits per heavy atom. The molecule has 1 aliphatic heterocycles. The van der Waals surface area contributed by atoms with Gasteiger partial charge < -0.3 is 14.6 Å². The van der Waals surface area contributed by atoms with Gasteiger partial charge in [0.25, 0.3) is 0 Å². The van der Waals surface area contributed by atoms with Crippen LogP contribution in [0.5, 0.6) is 0 Å². The van der Waals surface area contributed by atoms with Crippen LogP contribution in [0, 0.1) is 6.92 Å². The highest BCUT2D eigenvalue weighted by molar-refractivity contribution is 7.99. The normalized spacial score (nSPS) is 18.3. The molecule has 0 aliphatic carbocycles. The van der Waals surface area contributed by atoms with E-state index in [1.54, 1.807) is 0 Å². The van der Waals surface area contributed by atoms with Crippen LogP contribution in [-0.4, -0.2) is 44.1 Å². The number of carbonyl (C=O) groups is 2. The molecule has 1 N–H and O–H groups in total. The Morgan fingerprint density at radius 2 is 2.14 bits per heavy atom. The second kappa shape index (κ2) is 5.44. The van der Waals surface area contributed by atoms with Gasteiger partial charge in [-0.3, -0.25) is 4.79 Å². The molecular weight excluding hydrogens is 288 g/mol. The minimum atomic E-state index is -0.928. The molecule has 1 saturated heterocycles. The number of carboxylic acid groups (broad SMARTS) is 1. The standard InChI is InChI=1S/C15H16N2O3S/c1-10-6-11-4-2-3-5-12(11)16(10)7-14(18)17-9-21-8-13(17)15(19)20/h2-6,13H,7-9H2,1H3,(H,19,20)/t13-/m0/s1. The summed E-state index contributed by atoms with van der Waals surface area (Å²) in [5.74, 6) is -0.153. The first-order valence-corrected chi connectivity index (χ1v) is 7.88. The second-order valence-electron chi connectivity index (χ2n) is 5.15. The molecule has 2 aromatic rings. The molecule has 5 nitrogen and oxygen atoms in total. The van der Waals surface area contributed by atoms with Gasteiger partial charge in [0, 0.05) is 17.0 Å². The summed E-state index contributed by atoms with van der Waals surface area (Å²) in [6, 6.07) is 9.22. The number of hydrogen-bond donors (Lipinski definition) is 1. The number of benzene rings is 1. The number of nitrogens with zero attached hydrogens (tertiary/aromatic N) is 2. The van der Waals surface area contributed by atoms with Gasteiger partial charge in [-0.2, -0.15) is 0 Å². The predicted molar refractivity (Wildman–Crippen MR) is 82.3 cm³/mol. The zero-order valence-corrected chi connectivity index (χ0v) is 12.5. The minimum absolute atomic E-state index is 0.142. The molecule has 1 aliphatic rings. The first kappa shape index (κ1) is 14.0. The van der Waals surface area contributed by atoms with Gasteiger partial charge in [0.1, 0.15) is 12.6 Å². The van der Waals surface area contributed by atoms with Gasteiger partial charge in [0.15, 0.2) is 0 Å². The molecule has 0 unspecified atom stereocenters. The lowest BCUT2D eigenvalue weighted by atomic mass is 10.2. The summed E-state index contributed by atoms with van der Waals surface area (Å²) in [5.41, 5.74) is 2.00. The second-order valence-corrected chi connectivity index (χ2v) is 6.15. The summed E-state index contributed by atoms with van der Waals surface area (Å²) in [6.45, 7) is 2.14. The van der Waals surface area contributed by atoms with Crippen molar-refractivity contribution in [3.63, 3.8) is 0 Å². The number of aromatic nitrogens is 1. The fourth-order valence-corrected chi connectivity index (χ4v) is 3.85. The molecule has 1 atom stereocenters. The number of aryl methyl sites for hydroxylation is 1. The van der Waals surface area contributed by atoms with Crippen molar-refractivity contribution in [3.05, 3.63) is 36.0 Å². The third kappa shape index (κ3) is 2.51. The lowest BCUT2D eigenvalue weighted by Crippen LogP contribution is -2.43. The van der Waals surface area contributed by atoms with E-state index in [0.717, 1.165) is 16.6 Å². The fraction of sp³-hybridized carbons (Fsp3) is 0.333. The number of carbonyl (C=O) groups excluding carboxylic acids is 1. The average molecular weight is 304 g/mol. The van der Waals surface area contributed by atoms with Crippen LogP contribution in [0.4, 0.5) is 0 Å². The summed E-state index contributed by atoms with van der Waals surface area (Å²) in [6.07, 6.45) is 0. The van der Waals surface area contributed by atoms with E-state index in [0.29, 0.717) is 11.6 Å². The Hall–Kier alpha value is -1.95. The van der Waals surface area contributed by atoms with E-state index in [1.165, 1.54) is 16.7 Å².